The molecule has 8 nitrogen and oxygen atoms in total. The predicted molar refractivity (Wildman–Crippen MR) is 211 cm³/mol. The van der Waals surface area contributed by atoms with Crippen molar-refractivity contribution in [1.29, 1.82) is 0 Å². The van der Waals surface area contributed by atoms with E-state index in [0.717, 1.165) is 43.5 Å². The number of carbonyl (C=O) groups is 1. The van der Waals surface area contributed by atoms with Crippen molar-refractivity contribution in [2.24, 2.45) is 11.8 Å². The molecule has 0 saturated heterocycles. The Bertz CT molecular complexity index is 1870. The van der Waals surface area contributed by atoms with Crippen LogP contribution in [0.4, 0.5) is 18.9 Å². The largest absolute Gasteiger partial charge is 0.493 e. The lowest BCUT2D eigenvalue weighted by Gasteiger charge is -2.47. The number of carboxylic acid groups (broad SMARTS) is 1. The van der Waals surface area contributed by atoms with Crippen molar-refractivity contribution in [3.8, 4) is 17.2 Å². The summed E-state index contributed by atoms with van der Waals surface area (Å²) in [6.07, 6.45) is 4.47. The van der Waals surface area contributed by atoms with Gasteiger partial charge in [0.15, 0.2) is 11.5 Å². The Balaban J connectivity index is 1.13. The number of rotatable bonds is 13. The van der Waals surface area contributed by atoms with Gasteiger partial charge in [0.05, 0.1) is 13.2 Å². The molecule has 1 aliphatic heterocycles. The number of hydrogen-bond acceptors (Lipinski definition) is 7. The molecule has 3 aromatic rings. The maximum absolute atomic E-state index is 13.1. The number of carboxylic acids is 1. The van der Waals surface area contributed by atoms with E-state index in [1.807, 2.05) is 36.3 Å². The minimum absolute atomic E-state index is 0.0363. The number of aryl methyl sites for hydroxylation is 1. The zero-order chi connectivity index (χ0) is 39.7. The Kier molecular flexibility index (Phi) is 12.0. The molecule has 56 heavy (non-hydrogen) atoms. The fourth-order valence-electron chi connectivity index (χ4n) is 9.97. The van der Waals surface area contributed by atoms with Crippen LogP contribution in [0.25, 0.3) is 0 Å². The van der Waals surface area contributed by atoms with Gasteiger partial charge in [-0.15, -0.1) is 0 Å². The molecule has 0 amide bonds. The zero-order valence-corrected chi connectivity index (χ0v) is 33.5. The Labute approximate surface area is 333 Å². The van der Waals surface area contributed by atoms with Crippen LogP contribution in [0.3, 0.4) is 0 Å². The molecule has 0 radical (unpaired) electrons. The third-order valence-corrected chi connectivity index (χ3v) is 13.1. The summed E-state index contributed by atoms with van der Waals surface area (Å²) in [6, 6.07) is 13.5. The first-order valence-corrected chi connectivity index (χ1v) is 20.7. The predicted octanol–water partition coefficient (Wildman–Crippen LogP) is 10.0. The van der Waals surface area contributed by atoms with Crippen molar-refractivity contribution < 1.29 is 37.3 Å². The van der Waals surface area contributed by atoms with Gasteiger partial charge in [0.25, 0.3) is 0 Å². The smallest absolute Gasteiger partial charge is 0.389 e. The number of nitrogens with zero attached hydrogens (tertiary/aromatic N) is 2. The summed E-state index contributed by atoms with van der Waals surface area (Å²) in [5.74, 6) is 2.28. The first-order chi connectivity index (χ1) is 26.7. The lowest BCUT2D eigenvalue weighted by atomic mass is 9.59. The van der Waals surface area contributed by atoms with Gasteiger partial charge in [0.2, 0.25) is 0 Å². The summed E-state index contributed by atoms with van der Waals surface area (Å²) in [5, 5.41) is 14.6. The molecular weight excluding hydrogens is 743 g/mol. The topological polar surface area (TPSA) is 93.2 Å². The second kappa shape index (κ2) is 16.6. The highest BCUT2D eigenvalue weighted by atomic mass is 35.5. The first kappa shape index (κ1) is 40.5. The second-order valence-corrected chi connectivity index (χ2v) is 17.4. The number of fused-ring (bicyclic) bond motifs is 4. The Morgan fingerprint density at radius 2 is 1.95 bits per heavy atom. The van der Waals surface area contributed by atoms with E-state index in [9.17, 15) is 23.1 Å². The standard InChI is InChI=1S/C44H55ClF3N3O5/c1-28(27-55-37-11-18-49-36-10-4-7-29(2)40(36)37)21-31-22-30-23-38-39(56-34(12-20-54-38)26-51(3)19-6-13-44(46,47)48)25-35(30)42(31)14-16-43(17-15-42,41(52)53)50-33-9-5-8-32(45)24-33/h5,8-9,11,18,23-25,28-29,31,34,50H,4,6-7,10,12-17,19-22,26-27H2,1-3H3,(H,52,53)/t28-,29-,31+,34+,42?,43?/m1/s1. The maximum Gasteiger partial charge on any atom is 0.389 e. The number of halogens is 4. The average molecular weight is 798 g/mol. The van der Waals surface area contributed by atoms with E-state index in [2.05, 4.69) is 36.3 Å². The molecule has 304 valence electrons. The third-order valence-electron chi connectivity index (χ3n) is 12.9. The number of likely N-dealkylation sites (N-methyl/N-ethyl adjacent to an activating group) is 1. The van der Waals surface area contributed by atoms with Gasteiger partial charge in [-0.3, -0.25) is 4.98 Å². The molecule has 12 heteroatoms. The monoisotopic (exact) mass is 797 g/mol. The molecule has 4 aliphatic rings. The van der Waals surface area contributed by atoms with Gasteiger partial charge in [-0.2, -0.15) is 13.2 Å². The summed E-state index contributed by atoms with van der Waals surface area (Å²) in [6.45, 7) is 6.33. The minimum Gasteiger partial charge on any atom is -0.493 e. The van der Waals surface area contributed by atoms with E-state index in [0.29, 0.717) is 86.5 Å². The van der Waals surface area contributed by atoms with E-state index in [1.54, 1.807) is 12.1 Å². The van der Waals surface area contributed by atoms with Crippen LogP contribution in [0.1, 0.15) is 106 Å². The number of anilines is 1. The van der Waals surface area contributed by atoms with Gasteiger partial charge < -0.3 is 29.5 Å². The first-order valence-electron chi connectivity index (χ1n) is 20.3. The average Bonchev–Trinajstić information content (AvgIpc) is 3.26. The van der Waals surface area contributed by atoms with Crippen molar-refractivity contribution in [1.82, 2.24) is 9.88 Å². The summed E-state index contributed by atoms with van der Waals surface area (Å²) < 4.78 is 57.9. The summed E-state index contributed by atoms with van der Waals surface area (Å²) >= 11 is 6.30. The molecular formula is C44H55ClF3N3O5. The number of benzene rings is 2. The summed E-state index contributed by atoms with van der Waals surface area (Å²) in [7, 11) is 1.83. The number of aliphatic carboxylic acids is 1. The Morgan fingerprint density at radius 3 is 2.70 bits per heavy atom. The number of aromatic nitrogens is 1. The van der Waals surface area contributed by atoms with Crippen LogP contribution >= 0.6 is 11.6 Å². The molecule has 4 atom stereocenters. The van der Waals surface area contributed by atoms with E-state index in [1.165, 1.54) is 16.7 Å². The molecule has 2 N–H and O–H groups in total. The van der Waals surface area contributed by atoms with E-state index in [-0.39, 0.29) is 29.8 Å². The molecule has 1 saturated carbocycles. The van der Waals surface area contributed by atoms with Crippen LogP contribution in [-0.2, 0) is 23.1 Å². The fraction of sp³-hybridized carbons (Fsp3) is 0.591. The van der Waals surface area contributed by atoms with Gasteiger partial charge in [0.1, 0.15) is 17.4 Å². The van der Waals surface area contributed by atoms with Crippen LogP contribution < -0.4 is 19.5 Å². The molecule has 7 rings (SSSR count). The number of alkyl halides is 3. The minimum atomic E-state index is -4.17. The van der Waals surface area contributed by atoms with Crippen LogP contribution in [0.15, 0.2) is 48.7 Å². The molecule has 1 fully saturated rings. The highest BCUT2D eigenvalue weighted by Gasteiger charge is 2.54. The molecule has 3 aliphatic carbocycles. The lowest BCUT2D eigenvalue weighted by Crippen LogP contribution is -2.53. The maximum atomic E-state index is 13.1. The Hall–Kier alpha value is -3.70. The van der Waals surface area contributed by atoms with Gasteiger partial charge in [-0.1, -0.05) is 31.5 Å². The number of hydrogen-bond donors (Lipinski definition) is 2. The SMILES string of the molecule is C[C@@H](COc1ccnc2c1[C@H](C)CCC2)C[C@H]1Cc2cc3c(cc2C12CCC(Nc1cccc(Cl)c1)(C(=O)O)CC2)O[C@H](CN(C)CCCC(F)(F)F)CCO3. The van der Waals surface area contributed by atoms with Gasteiger partial charge in [-0.05, 0) is 148 Å². The van der Waals surface area contributed by atoms with Crippen LogP contribution in [-0.4, -0.2) is 72.1 Å². The van der Waals surface area contributed by atoms with Crippen molar-refractivity contribution in [3.63, 3.8) is 0 Å². The fourth-order valence-corrected chi connectivity index (χ4v) is 10.2. The third kappa shape index (κ3) is 8.89. The van der Waals surface area contributed by atoms with Crippen molar-refractivity contribution in [2.75, 3.05) is 38.7 Å². The molecule has 1 aromatic heterocycles. The summed E-state index contributed by atoms with van der Waals surface area (Å²) in [5.41, 5.74) is 4.02. The van der Waals surface area contributed by atoms with Gasteiger partial charge >= 0.3 is 12.1 Å². The van der Waals surface area contributed by atoms with Crippen LogP contribution in [0.2, 0.25) is 5.02 Å². The van der Waals surface area contributed by atoms with Crippen molar-refractivity contribution in [2.45, 2.75) is 120 Å². The lowest BCUT2D eigenvalue weighted by molar-refractivity contribution is -0.144. The normalized spacial score (nSPS) is 26.3. The zero-order valence-electron chi connectivity index (χ0n) is 32.7. The quantitative estimate of drug-likeness (QED) is 0.177. The van der Waals surface area contributed by atoms with Gasteiger partial charge in [0, 0.05) is 47.6 Å². The van der Waals surface area contributed by atoms with Crippen LogP contribution in [0.5, 0.6) is 17.2 Å². The van der Waals surface area contributed by atoms with E-state index >= 15 is 0 Å². The van der Waals surface area contributed by atoms with E-state index in [4.69, 9.17) is 25.8 Å². The van der Waals surface area contributed by atoms with Crippen molar-refractivity contribution >= 4 is 23.3 Å². The second-order valence-electron chi connectivity index (χ2n) is 17.0. The van der Waals surface area contributed by atoms with E-state index < -0.39 is 24.1 Å². The highest BCUT2D eigenvalue weighted by molar-refractivity contribution is 6.30. The highest BCUT2D eigenvalue weighted by Crippen LogP contribution is 2.58. The molecule has 2 aromatic carbocycles. The molecule has 0 unspecified atom stereocenters. The van der Waals surface area contributed by atoms with Crippen molar-refractivity contribution in [3.05, 3.63) is 76.1 Å². The Morgan fingerprint density at radius 1 is 1.14 bits per heavy atom. The molecule has 1 spiro atoms. The number of nitrogens with one attached hydrogen (secondary N) is 1. The molecule has 2 heterocycles. The molecule has 0 bridgehead atoms. The number of pyridine rings is 1. The number of ether oxygens (including phenoxy) is 3. The van der Waals surface area contributed by atoms with Crippen LogP contribution in [0, 0.1) is 11.8 Å². The van der Waals surface area contributed by atoms with Gasteiger partial charge in [-0.25, -0.2) is 4.79 Å². The summed E-state index contributed by atoms with van der Waals surface area (Å²) in [4.78, 5) is 19.6.